The van der Waals surface area contributed by atoms with Crippen molar-refractivity contribution in [1.82, 2.24) is 4.67 Å². The van der Waals surface area contributed by atoms with Crippen LogP contribution in [0.4, 0.5) is 0 Å². The fourth-order valence-electron chi connectivity index (χ4n) is 0.213. The zero-order chi connectivity index (χ0) is 5.86. The van der Waals surface area contributed by atoms with Gasteiger partial charge in [-0.1, -0.05) is 9.39 Å². The summed E-state index contributed by atoms with van der Waals surface area (Å²) in [5.74, 6) is -0.808. The zero-order valence-electron chi connectivity index (χ0n) is 4.09. The van der Waals surface area contributed by atoms with Crippen LogP contribution in [0.1, 0.15) is 0 Å². The van der Waals surface area contributed by atoms with Gasteiger partial charge in [-0.3, -0.25) is 9.46 Å². The van der Waals surface area contributed by atoms with E-state index in [2.05, 4.69) is 9.39 Å². The van der Waals surface area contributed by atoms with Gasteiger partial charge in [-0.25, -0.2) is 0 Å². The summed E-state index contributed by atoms with van der Waals surface area (Å²) in [4.78, 5) is 9.75. The number of hydrogen-bond acceptors (Lipinski definition) is 2. The largest absolute Gasteiger partial charge is 0.480 e. The third-order valence-corrected chi connectivity index (χ3v) is 0.567. The molecule has 1 atom stereocenters. The van der Waals surface area contributed by atoms with Gasteiger partial charge in [0.05, 0.1) is 6.54 Å². The minimum atomic E-state index is -0.808. The summed E-state index contributed by atoms with van der Waals surface area (Å²) in [6.45, 7) is 0.0741. The molecule has 0 fully saturated rings. The molecule has 4 heteroatoms. The number of carboxylic acid groups (broad SMARTS) is 1. The Morgan fingerprint density at radius 1 is 2.00 bits per heavy atom. The smallest absolute Gasteiger partial charge is 0.318 e. The molecule has 0 bridgehead atoms. The van der Waals surface area contributed by atoms with Gasteiger partial charge in [-0.2, -0.15) is 0 Å². The third kappa shape index (κ3) is 5.86. The molecule has 0 amide bonds. The summed E-state index contributed by atoms with van der Waals surface area (Å²) < 4.78 is 1.52. The number of hydrogen-bond donors (Lipinski definition) is 1. The van der Waals surface area contributed by atoms with Crippen molar-refractivity contribution in [3.8, 4) is 0 Å². The van der Waals surface area contributed by atoms with Crippen LogP contribution < -0.4 is 0 Å². The van der Waals surface area contributed by atoms with Gasteiger partial charge in [-0.15, -0.1) is 0 Å². The van der Waals surface area contributed by atoms with Crippen molar-refractivity contribution >= 4 is 15.4 Å². The first-order chi connectivity index (χ1) is 3.13. The van der Waals surface area contributed by atoms with Gasteiger partial charge in [0, 0.05) is 0 Å². The Hall–Kier alpha value is -0.140. The van der Waals surface area contributed by atoms with Gasteiger partial charge in [-0.05, 0) is 7.05 Å². The summed E-state index contributed by atoms with van der Waals surface area (Å²) >= 11 is 0. The molecule has 0 radical (unpaired) electrons. The van der Waals surface area contributed by atoms with Crippen LogP contribution in [-0.4, -0.2) is 29.3 Å². The molecule has 42 valence electrons. The first-order valence-electron chi connectivity index (χ1n) is 1.80. The highest BCUT2D eigenvalue weighted by Crippen LogP contribution is 1.88. The highest BCUT2D eigenvalue weighted by atomic mass is 31.0. The summed E-state index contributed by atoms with van der Waals surface area (Å²) in [7, 11) is 3.93. The van der Waals surface area contributed by atoms with Crippen LogP contribution in [0.5, 0.6) is 0 Å². The van der Waals surface area contributed by atoms with Crippen LogP contribution in [-0.2, 0) is 4.79 Å². The van der Waals surface area contributed by atoms with E-state index in [9.17, 15) is 4.79 Å². The lowest BCUT2D eigenvalue weighted by molar-refractivity contribution is -0.136. The van der Waals surface area contributed by atoms with Crippen molar-refractivity contribution in [3.63, 3.8) is 0 Å². The first-order valence-corrected chi connectivity index (χ1v) is 2.32. The van der Waals surface area contributed by atoms with E-state index in [0.29, 0.717) is 0 Å². The molecule has 0 saturated carbocycles. The van der Waals surface area contributed by atoms with Gasteiger partial charge in [0.2, 0.25) is 0 Å². The molecule has 0 aliphatic rings. The lowest BCUT2D eigenvalue weighted by Crippen LogP contribution is -2.15. The lowest BCUT2D eigenvalue weighted by Gasteiger charge is -2.01. The van der Waals surface area contributed by atoms with Crippen molar-refractivity contribution in [2.24, 2.45) is 0 Å². The highest BCUT2D eigenvalue weighted by molar-refractivity contribution is 7.13. The van der Waals surface area contributed by atoms with E-state index in [1.165, 1.54) is 4.67 Å². The van der Waals surface area contributed by atoms with Crippen LogP contribution in [0.2, 0.25) is 0 Å². The van der Waals surface area contributed by atoms with Crippen LogP contribution in [0.15, 0.2) is 0 Å². The van der Waals surface area contributed by atoms with E-state index >= 15 is 0 Å². The Bertz CT molecular complexity index is 73.3. The summed E-state index contributed by atoms with van der Waals surface area (Å²) in [5, 5.41) is 8.03. The van der Waals surface area contributed by atoms with Crippen LogP contribution in [0.25, 0.3) is 0 Å². The SMILES string of the molecule is CN(P)CC(=O)O. The molecular weight excluding hydrogens is 113 g/mol. The second-order valence-electron chi connectivity index (χ2n) is 1.31. The second kappa shape index (κ2) is 2.94. The molecule has 0 aliphatic carbocycles. The molecule has 0 saturated heterocycles. The van der Waals surface area contributed by atoms with Crippen molar-refractivity contribution in [2.45, 2.75) is 0 Å². The molecule has 0 spiro atoms. The standard InChI is InChI=1S/C3H8NO2P/c1-4(7)2-3(5)6/h2,7H2,1H3,(H,5,6). The van der Waals surface area contributed by atoms with Crippen LogP contribution in [0, 0.1) is 0 Å². The van der Waals surface area contributed by atoms with Crippen molar-refractivity contribution in [1.29, 1.82) is 0 Å². The molecule has 1 unspecified atom stereocenters. The number of carbonyl (C=O) groups is 1. The molecule has 0 aromatic carbocycles. The fourth-order valence-corrected chi connectivity index (χ4v) is 0.370. The van der Waals surface area contributed by atoms with E-state index in [-0.39, 0.29) is 6.54 Å². The van der Waals surface area contributed by atoms with Gasteiger partial charge < -0.3 is 5.11 Å². The van der Waals surface area contributed by atoms with E-state index in [0.717, 1.165) is 0 Å². The molecule has 1 N–H and O–H groups in total. The Morgan fingerprint density at radius 3 is 2.43 bits per heavy atom. The molecule has 0 heterocycles. The Labute approximate surface area is 44.6 Å². The quantitative estimate of drug-likeness (QED) is 0.514. The molecule has 7 heavy (non-hydrogen) atoms. The predicted molar refractivity (Wildman–Crippen MR) is 30.0 cm³/mol. The van der Waals surface area contributed by atoms with Crippen molar-refractivity contribution < 1.29 is 9.90 Å². The minimum Gasteiger partial charge on any atom is -0.480 e. The molecule has 3 nitrogen and oxygen atoms in total. The van der Waals surface area contributed by atoms with Crippen LogP contribution >= 0.6 is 9.39 Å². The molecular formula is C3H8NO2P. The lowest BCUT2D eigenvalue weighted by atomic mass is 10.7. The fraction of sp³-hybridized carbons (Fsp3) is 0.667. The number of nitrogens with zero attached hydrogens (tertiary/aromatic N) is 1. The van der Waals surface area contributed by atoms with Gasteiger partial charge in [0.1, 0.15) is 0 Å². The third-order valence-electron chi connectivity index (χ3n) is 0.385. The first kappa shape index (κ1) is 6.86. The summed E-state index contributed by atoms with van der Waals surface area (Å²) in [5.41, 5.74) is 0. The summed E-state index contributed by atoms with van der Waals surface area (Å²) in [6.07, 6.45) is 0. The van der Waals surface area contributed by atoms with E-state index < -0.39 is 5.97 Å². The number of rotatable bonds is 2. The molecule has 0 aliphatic heterocycles. The monoisotopic (exact) mass is 121 g/mol. The predicted octanol–water partition coefficient (Wildman–Crippen LogP) is -0.207. The van der Waals surface area contributed by atoms with Crippen molar-refractivity contribution in [3.05, 3.63) is 0 Å². The average molecular weight is 121 g/mol. The molecule has 0 rings (SSSR count). The highest BCUT2D eigenvalue weighted by Gasteiger charge is 1.94. The van der Waals surface area contributed by atoms with E-state index in [1.54, 1.807) is 7.05 Å². The van der Waals surface area contributed by atoms with Gasteiger partial charge >= 0.3 is 5.97 Å². The van der Waals surface area contributed by atoms with E-state index in [1.807, 2.05) is 0 Å². The topological polar surface area (TPSA) is 40.5 Å². The zero-order valence-corrected chi connectivity index (χ0v) is 5.24. The van der Waals surface area contributed by atoms with E-state index in [4.69, 9.17) is 5.11 Å². The summed E-state index contributed by atoms with van der Waals surface area (Å²) in [6, 6.07) is 0. The number of carboxylic acids is 1. The number of likely N-dealkylation sites (N-methyl/N-ethyl adjacent to an activating group) is 1. The van der Waals surface area contributed by atoms with Gasteiger partial charge in [0.15, 0.2) is 0 Å². The maximum atomic E-state index is 9.75. The van der Waals surface area contributed by atoms with Gasteiger partial charge in [0.25, 0.3) is 0 Å². The minimum absolute atomic E-state index is 0.0741. The number of aliphatic carboxylic acids is 1. The average Bonchev–Trinajstić information content (AvgIpc) is 1.27. The molecule has 0 aromatic rings. The van der Waals surface area contributed by atoms with Crippen LogP contribution in [0.3, 0.4) is 0 Å². The Morgan fingerprint density at radius 2 is 2.43 bits per heavy atom. The Kier molecular flexibility index (Phi) is 2.88. The maximum absolute atomic E-state index is 9.75. The normalized spacial score (nSPS) is 9.57. The Balaban J connectivity index is 3.13. The second-order valence-corrected chi connectivity index (χ2v) is 2.19. The van der Waals surface area contributed by atoms with Crippen molar-refractivity contribution in [2.75, 3.05) is 13.6 Å². The maximum Gasteiger partial charge on any atom is 0.318 e. The molecule has 0 aromatic heterocycles.